The molecule has 3 nitrogen and oxygen atoms in total. The van der Waals surface area contributed by atoms with E-state index in [0.29, 0.717) is 23.7 Å². The molecule has 8 atom stereocenters. The molecule has 0 saturated heterocycles. The molecule has 25 heavy (non-hydrogen) atoms. The van der Waals surface area contributed by atoms with Gasteiger partial charge in [0, 0.05) is 5.92 Å². The molecule has 0 aromatic carbocycles. The van der Waals surface area contributed by atoms with E-state index in [-0.39, 0.29) is 5.41 Å². The van der Waals surface area contributed by atoms with Crippen molar-refractivity contribution >= 4 is 5.78 Å². The Kier molecular flexibility index (Phi) is 5.00. The molecule has 142 valence electrons. The molecule has 2 N–H and O–H groups in total. The van der Waals surface area contributed by atoms with Crippen LogP contribution in [-0.4, -0.2) is 11.9 Å². The Labute approximate surface area is 153 Å². The number of ketones is 1. The lowest BCUT2D eigenvalue weighted by Gasteiger charge is -2.49. The van der Waals surface area contributed by atoms with Gasteiger partial charge in [0.2, 0.25) is 0 Å². The van der Waals surface area contributed by atoms with Crippen molar-refractivity contribution in [1.82, 2.24) is 0 Å². The van der Waals surface area contributed by atoms with E-state index in [1.54, 1.807) is 0 Å². The van der Waals surface area contributed by atoms with Crippen molar-refractivity contribution in [2.75, 3.05) is 0 Å². The maximum Gasteiger partial charge on any atom is 0.133 e. The Balaban J connectivity index is 1.56. The Hall–Kier alpha value is -0.410. The number of hydrogen-bond donors (Lipinski definition) is 1. The van der Waals surface area contributed by atoms with E-state index >= 15 is 0 Å². The van der Waals surface area contributed by atoms with Crippen LogP contribution in [0.5, 0.6) is 0 Å². The largest absolute Gasteiger partial charge is 0.301 e. The second kappa shape index (κ2) is 6.96. The van der Waals surface area contributed by atoms with E-state index in [4.69, 9.17) is 10.7 Å². The molecule has 0 heterocycles. The Morgan fingerprint density at radius 3 is 2.60 bits per heavy atom. The third-order valence-electron chi connectivity index (χ3n) is 9.03. The zero-order valence-corrected chi connectivity index (χ0v) is 16.2. The van der Waals surface area contributed by atoms with Crippen molar-refractivity contribution in [2.45, 2.75) is 90.6 Å². The van der Waals surface area contributed by atoms with Gasteiger partial charge in [0.1, 0.15) is 5.78 Å². The lowest BCUT2D eigenvalue weighted by atomic mass is 9.55. The van der Waals surface area contributed by atoms with Crippen LogP contribution in [-0.2, 0) is 9.63 Å². The molecular formula is C22H37NO2. The molecule has 0 amide bonds. The van der Waals surface area contributed by atoms with E-state index in [9.17, 15) is 4.79 Å². The molecule has 4 saturated carbocycles. The van der Waals surface area contributed by atoms with Crippen LogP contribution >= 0.6 is 0 Å². The van der Waals surface area contributed by atoms with Gasteiger partial charge in [0.15, 0.2) is 0 Å². The van der Waals surface area contributed by atoms with Crippen LogP contribution in [0.2, 0.25) is 0 Å². The molecule has 8 unspecified atom stereocenters. The van der Waals surface area contributed by atoms with Crippen LogP contribution < -0.4 is 5.90 Å². The average molecular weight is 348 g/mol. The van der Waals surface area contributed by atoms with Crippen molar-refractivity contribution in [3.05, 3.63) is 0 Å². The second-order valence-corrected chi connectivity index (χ2v) is 10.1. The summed E-state index contributed by atoms with van der Waals surface area (Å²) < 4.78 is 0. The molecule has 4 aliphatic carbocycles. The minimum Gasteiger partial charge on any atom is -0.301 e. The molecule has 0 spiro atoms. The van der Waals surface area contributed by atoms with E-state index in [0.717, 1.165) is 36.5 Å². The number of carbonyl (C=O) groups is 1. The zero-order valence-electron chi connectivity index (χ0n) is 16.2. The fraction of sp³-hybridized carbons (Fsp3) is 0.955. The fourth-order valence-corrected chi connectivity index (χ4v) is 7.79. The van der Waals surface area contributed by atoms with Gasteiger partial charge in [-0.05, 0) is 93.3 Å². The van der Waals surface area contributed by atoms with Crippen molar-refractivity contribution in [3.63, 3.8) is 0 Å². The molecule has 0 radical (unpaired) electrons. The fourth-order valence-electron chi connectivity index (χ4n) is 7.79. The minimum absolute atomic E-state index is 0.290. The molecule has 4 rings (SSSR count). The van der Waals surface area contributed by atoms with Gasteiger partial charge < -0.3 is 4.84 Å². The summed E-state index contributed by atoms with van der Waals surface area (Å²) in [5, 5.41) is 0. The highest BCUT2D eigenvalue weighted by molar-refractivity contribution is 5.79. The first-order chi connectivity index (χ1) is 12.0. The summed E-state index contributed by atoms with van der Waals surface area (Å²) in [6.07, 6.45) is 14.5. The zero-order chi connectivity index (χ0) is 17.6. The smallest absolute Gasteiger partial charge is 0.133 e. The number of Topliss-reactive ketones (excluding diaryl/α,β-unsaturated/α-hetero) is 1. The first-order valence-electron chi connectivity index (χ1n) is 10.9. The third-order valence-corrected chi connectivity index (χ3v) is 9.03. The van der Waals surface area contributed by atoms with Crippen molar-refractivity contribution in [3.8, 4) is 0 Å². The highest BCUT2D eigenvalue weighted by Gasteiger charge is 2.55. The molecule has 2 bridgehead atoms. The highest BCUT2D eigenvalue weighted by Crippen LogP contribution is 2.61. The van der Waals surface area contributed by atoms with Crippen molar-refractivity contribution in [2.24, 2.45) is 46.8 Å². The van der Waals surface area contributed by atoms with E-state index in [1.807, 2.05) is 6.92 Å². The first kappa shape index (κ1) is 18.0. The van der Waals surface area contributed by atoms with E-state index < -0.39 is 0 Å². The maximum atomic E-state index is 12.3. The molecule has 3 heteroatoms. The Bertz CT molecular complexity index is 506. The summed E-state index contributed by atoms with van der Waals surface area (Å²) in [6.45, 7) is 4.30. The van der Waals surface area contributed by atoms with Gasteiger partial charge in [-0.25, -0.2) is 5.90 Å². The standard InChI is InChI=1S/C22H37NO2/c1-14(24)19-8-9-20-18-13-15-6-7-17(12-15)21(25-23)5-3-4-16(18)10-11-22(19,20)2/h15-21H,3-13,23H2,1-2H3. The maximum absolute atomic E-state index is 12.3. The number of hydrogen-bond acceptors (Lipinski definition) is 3. The minimum atomic E-state index is 0.290. The lowest BCUT2D eigenvalue weighted by molar-refractivity contribution is -0.126. The Morgan fingerprint density at radius 1 is 1.00 bits per heavy atom. The summed E-state index contributed by atoms with van der Waals surface area (Å²) in [5.41, 5.74) is 0.290. The molecular weight excluding hydrogens is 310 g/mol. The van der Waals surface area contributed by atoms with Crippen LogP contribution in [0, 0.1) is 40.9 Å². The number of carbonyl (C=O) groups excluding carboxylic acids is 1. The van der Waals surface area contributed by atoms with Gasteiger partial charge in [0.25, 0.3) is 0 Å². The molecule has 4 fully saturated rings. The van der Waals surface area contributed by atoms with Crippen LogP contribution in [0.4, 0.5) is 0 Å². The van der Waals surface area contributed by atoms with Crippen molar-refractivity contribution < 1.29 is 9.63 Å². The molecule has 4 aliphatic rings. The van der Waals surface area contributed by atoms with Crippen LogP contribution in [0.3, 0.4) is 0 Å². The lowest BCUT2D eigenvalue weighted by Crippen LogP contribution is -2.43. The molecule has 0 aromatic rings. The monoisotopic (exact) mass is 347 g/mol. The van der Waals surface area contributed by atoms with Gasteiger partial charge in [0.05, 0.1) is 6.10 Å². The van der Waals surface area contributed by atoms with Gasteiger partial charge in [-0.2, -0.15) is 0 Å². The highest BCUT2D eigenvalue weighted by atomic mass is 16.6. The summed E-state index contributed by atoms with van der Waals surface area (Å²) >= 11 is 0. The quantitative estimate of drug-likeness (QED) is 0.724. The third kappa shape index (κ3) is 3.10. The summed E-state index contributed by atoms with van der Waals surface area (Å²) in [4.78, 5) is 17.6. The normalized spacial score (nSPS) is 50.1. The molecule has 0 aliphatic heterocycles. The molecule has 0 aromatic heterocycles. The van der Waals surface area contributed by atoms with Gasteiger partial charge in [-0.3, -0.25) is 4.79 Å². The van der Waals surface area contributed by atoms with E-state index in [1.165, 1.54) is 57.8 Å². The van der Waals surface area contributed by atoms with Crippen molar-refractivity contribution in [1.29, 1.82) is 0 Å². The Morgan fingerprint density at radius 2 is 1.84 bits per heavy atom. The summed E-state index contributed by atoms with van der Waals surface area (Å²) in [7, 11) is 0. The summed E-state index contributed by atoms with van der Waals surface area (Å²) in [6, 6.07) is 0. The van der Waals surface area contributed by atoms with Crippen LogP contribution in [0.15, 0.2) is 0 Å². The predicted molar refractivity (Wildman–Crippen MR) is 99.6 cm³/mol. The number of fused-ring (bicyclic) bond motifs is 5. The topological polar surface area (TPSA) is 52.3 Å². The SMILES string of the molecule is CC(=O)C1CCC2C3CC4CCC(C4)C(ON)CCCC3CCC12C. The second-order valence-electron chi connectivity index (χ2n) is 10.1. The van der Waals surface area contributed by atoms with Gasteiger partial charge in [-0.15, -0.1) is 0 Å². The van der Waals surface area contributed by atoms with Crippen LogP contribution in [0.25, 0.3) is 0 Å². The van der Waals surface area contributed by atoms with Crippen LogP contribution in [0.1, 0.15) is 84.5 Å². The number of nitrogens with two attached hydrogens (primary N) is 1. The predicted octanol–water partition coefficient (Wildman–Crippen LogP) is 4.88. The average Bonchev–Trinajstić information content (AvgIpc) is 3.17. The van der Waals surface area contributed by atoms with E-state index in [2.05, 4.69) is 6.92 Å². The number of rotatable bonds is 2. The first-order valence-corrected chi connectivity index (χ1v) is 10.9. The van der Waals surface area contributed by atoms with Gasteiger partial charge >= 0.3 is 0 Å². The summed E-state index contributed by atoms with van der Waals surface area (Å²) in [5.74, 6) is 10.5. The van der Waals surface area contributed by atoms with Gasteiger partial charge in [-0.1, -0.05) is 26.2 Å².